The average molecular weight is 208 g/mol. The number of aliphatic hydroxyl groups excluding tert-OH is 1. The van der Waals surface area contributed by atoms with Crippen LogP contribution < -0.4 is 9.47 Å². The van der Waals surface area contributed by atoms with Crippen molar-refractivity contribution in [2.45, 2.75) is 13.0 Å². The standard InChI is InChI=1S/C12H16O3/c1-4-7-15-12-8-10(14-3)5-6-11(12)9(2)13/h4-6,8-9,13H,1,7H2,2-3H3/t9-/m1/s1. The molecule has 0 heterocycles. The van der Waals surface area contributed by atoms with Crippen molar-refractivity contribution in [3.8, 4) is 11.5 Å². The van der Waals surface area contributed by atoms with E-state index in [4.69, 9.17) is 9.47 Å². The second-order valence-corrected chi connectivity index (χ2v) is 3.18. The number of methoxy groups -OCH3 is 1. The predicted molar refractivity (Wildman–Crippen MR) is 59.3 cm³/mol. The fourth-order valence-corrected chi connectivity index (χ4v) is 1.26. The molecule has 0 aliphatic rings. The lowest BCUT2D eigenvalue weighted by atomic mass is 10.1. The van der Waals surface area contributed by atoms with E-state index in [2.05, 4.69) is 6.58 Å². The first kappa shape index (κ1) is 11.6. The lowest BCUT2D eigenvalue weighted by Crippen LogP contribution is -2.00. The van der Waals surface area contributed by atoms with Gasteiger partial charge in [-0.15, -0.1) is 0 Å². The van der Waals surface area contributed by atoms with Gasteiger partial charge in [-0.3, -0.25) is 0 Å². The van der Waals surface area contributed by atoms with Gasteiger partial charge in [-0.1, -0.05) is 12.7 Å². The molecular formula is C12H16O3. The van der Waals surface area contributed by atoms with Crippen molar-refractivity contribution in [2.24, 2.45) is 0 Å². The van der Waals surface area contributed by atoms with Crippen LogP contribution in [0.15, 0.2) is 30.9 Å². The van der Waals surface area contributed by atoms with E-state index in [1.54, 1.807) is 38.3 Å². The van der Waals surface area contributed by atoms with Crippen LogP contribution in [0.5, 0.6) is 11.5 Å². The van der Waals surface area contributed by atoms with Gasteiger partial charge in [0.15, 0.2) is 0 Å². The second-order valence-electron chi connectivity index (χ2n) is 3.18. The summed E-state index contributed by atoms with van der Waals surface area (Å²) in [6.45, 7) is 5.68. The monoisotopic (exact) mass is 208 g/mol. The van der Waals surface area contributed by atoms with Crippen LogP contribution in [0.2, 0.25) is 0 Å². The van der Waals surface area contributed by atoms with E-state index in [1.165, 1.54) is 0 Å². The molecule has 0 aromatic heterocycles. The largest absolute Gasteiger partial charge is 0.497 e. The Morgan fingerprint density at radius 1 is 1.53 bits per heavy atom. The van der Waals surface area contributed by atoms with Gasteiger partial charge in [0.25, 0.3) is 0 Å². The maximum atomic E-state index is 9.52. The molecule has 0 saturated heterocycles. The molecule has 0 aliphatic heterocycles. The van der Waals surface area contributed by atoms with Crippen LogP contribution in [0, 0.1) is 0 Å². The van der Waals surface area contributed by atoms with Gasteiger partial charge < -0.3 is 14.6 Å². The highest BCUT2D eigenvalue weighted by Gasteiger charge is 2.09. The molecule has 82 valence electrons. The highest BCUT2D eigenvalue weighted by atomic mass is 16.5. The van der Waals surface area contributed by atoms with E-state index in [9.17, 15) is 5.11 Å². The molecule has 1 atom stereocenters. The van der Waals surface area contributed by atoms with Gasteiger partial charge in [0, 0.05) is 11.6 Å². The van der Waals surface area contributed by atoms with Gasteiger partial charge >= 0.3 is 0 Å². The number of ether oxygens (including phenoxy) is 2. The van der Waals surface area contributed by atoms with Crippen molar-refractivity contribution in [2.75, 3.05) is 13.7 Å². The Hall–Kier alpha value is -1.48. The third-order valence-electron chi connectivity index (χ3n) is 2.03. The molecule has 0 aliphatic carbocycles. The first-order valence-corrected chi connectivity index (χ1v) is 4.78. The maximum absolute atomic E-state index is 9.52. The smallest absolute Gasteiger partial charge is 0.129 e. The molecule has 1 aromatic rings. The second kappa shape index (κ2) is 5.41. The Kier molecular flexibility index (Phi) is 4.18. The third kappa shape index (κ3) is 2.99. The Labute approximate surface area is 90.0 Å². The topological polar surface area (TPSA) is 38.7 Å². The number of hydrogen-bond acceptors (Lipinski definition) is 3. The molecule has 0 spiro atoms. The molecule has 0 fully saturated rings. The Morgan fingerprint density at radius 2 is 2.27 bits per heavy atom. The van der Waals surface area contributed by atoms with Crippen molar-refractivity contribution < 1.29 is 14.6 Å². The summed E-state index contributed by atoms with van der Waals surface area (Å²) in [5.41, 5.74) is 0.748. The van der Waals surface area contributed by atoms with Gasteiger partial charge in [-0.2, -0.15) is 0 Å². The number of aliphatic hydroxyl groups is 1. The van der Waals surface area contributed by atoms with E-state index in [1.807, 2.05) is 0 Å². The van der Waals surface area contributed by atoms with Crippen LogP contribution in [-0.4, -0.2) is 18.8 Å². The molecule has 0 saturated carbocycles. The van der Waals surface area contributed by atoms with Gasteiger partial charge in [-0.25, -0.2) is 0 Å². The number of benzene rings is 1. The minimum Gasteiger partial charge on any atom is -0.497 e. The lowest BCUT2D eigenvalue weighted by molar-refractivity contribution is 0.192. The summed E-state index contributed by atoms with van der Waals surface area (Å²) < 4.78 is 10.5. The van der Waals surface area contributed by atoms with Crippen molar-refractivity contribution in [1.29, 1.82) is 0 Å². The highest BCUT2D eigenvalue weighted by molar-refractivity contribution is 5.41. The number of rotatable bonds is 5. The fourth-order valence-electron chi connectivity index (χ4n) is 1.26. The van der Waals surface area contributed by atoms with Crippen LogP contribution in [0.25, 0.3) is 0 Å². The highest BCUT2D eigenvalue weighted by Crippen LogP contribution is 2.29. The Morgan fingerprint density at radius 3 is 2.80 bits per heavy atom. The zero-order valence-electron chi connectivity index (χ0n) is 9.06. The summed E-state index contributed by atoms with van der Waals surface area (Å²) >= 11 is 0. The Balaban J connectivity index is 2.99. The van der Waals surface area contributed by atoms with Gasteiger partial charge in [0.05, 0.1) is 13.2 Å². The van der Waals surface area contributed by atoms with Crippen LogP contribution in [0.1, 0.15) is 18.6 Å². The average Bonchev–Trinajstić information content (AvgIpc) is 2.25. The molecular weight excluding hydrogens is 192 g/mol. The van der Waals surface area contributed by atoms with Crippen molar-refractivity contribution >= 4 is 0 Å². The molecule has 1 rings (SSSR count). The van der Waals surface area contributed by atoms with Crippen LogP contribution in [0.4, 0.5) is 0 Å². The summed E-state index contributed by atoms with van der Waals surface area (Å²) in [5, 5.41) is 9.52. The molecule has 1 aromatic carbocycles. The van der Waals surface area contributed by atoms with Crippen LogP contribution >= 0.6 is 0 Å². The van der Waals surface area contributed by atoms with Gasteiger partial charge in [0.1, 0.15) is 18.1 Å². The van der Waals surface area contributed by atoms with Crippen LogP contribution in [-0.2, 0) is 0 Å². The summed E-state index contributed by atoms with van der Waals surface area (Å²) in [5.74, 6) is 1.34. The van der Waals surface area contributed by atoms with E-state index in [0.717, 1.165) is 5.56 Å². The first-order chi connectivity index (χ1) is 7.19. The molecule has 3 heteroatoms. The first-order valence-electron chi connectivity index (χ1n) is 4.78. The van der Waals surface area contributed by atoms with Crippen molar-refractivity contribution in [3.63, 3.8) is 0 Å². The van der Waals surface area contributed by atoms with Crippen molar-refractivity contribution in [1.82, 2.24) is 0 Å². The van der Waals surface area contributed by atoms with Crippen LogP contribution in [0.3, 0.4) is 0 Å². The summed E-state index contributed by atoms with van der Waals surface area (Å²) in [6.07, 6.45) is 1.10. The SMILES string of the molecule is C=CCOc1cc(OC)ccc1[C@@H](C)O. The molecule has 1 N–H and O–H groups in total. The maximum Gasteiger partial charge on any atom is 0.129 e. The third-order valence-corrected chi connectivity index (χ3v) is 2.03. The van der Waals surface area contributed by atoms with E-state index in [0.29, 0.717) is 18.1 Å². The Bertz CT molecular complexity index is 332. The van der Waals surface area contributed by atoms with E-state index in [-0.39, 0.29) is 0 Å². The van der Waals surface area contributed by atoms with Gasteiger partial charge in [-0.05, 0) is 19.1 Å². The summed E-state index contributed by atoms with van der Waals surface area (Å²) in [7, 11) is 1.59. The minimum absolute atomic E-state index is 0.410. The molecule has 0 bridgehead atoms. The molecule has 0 amide bonds. The quantitative estimate of drug-likeness (QED) is 0.755. The minimum atomic E-state index is -0.560. The lowest BCUT2D eigenvalue weighted by Gasteiger charge is -2.13. The normalized spacial score (nSPS) is 11.9. The molecule has 0 unspecified atom stereocenters. The molecule has 0 radical (unpaired) electrons. The summed E-state index contributed by atoms with van der Waals surface area (Å²) in [6, 6.07) is 5.34. The fraction of sp³-hybridized carbons (Fsp3) is 0.333. The zero-order chi connectivity index (χ0) is 11.3. The predicted octanol–water partition coefficient (Wildman–Crippen LogP) is 2.31. The zero-order valence-corrected chi connectivity index (χ0v) is 9.06. The summed E-state index contributed by atoms with van der Waals surface area (Å²) in [4.78, 5) is 0. The van der Waals surface area contributed by atoms with E-state index < -0.39 is 6.10 Å². The van der Waals surface area contributed by atoms with Gasteiger partial charge in [0.2, 0.25) is 0 Å². The molecule has 3 nitrogen and oxygen atoms in total. The van der Waals surface area contributed by atoms with Crippen molar-refractivity contribution in [3.05, 3.63) is 36.4 Å². The molecule has 15 heavy (non-hydrogen) atoms. The van der Waals surface area contributed by atoms with E-state index >= 15 is 0 Å². The number of hydrogen-bond donors (Lipinski definition) is 1.